The maximum Gasteiger partial charge on any atom is 0.411 e. The number of nitrogens with zero attached hydrogens (tertiary/aromatic N) is 5. The van der Waals surface area contributed by atoms with E-state index in [1.54, 1.807) is 35.0 Å². The zero-order valence-electron chi connectivity index (χ0n) is 32.8. The number of alkyl halides is 3. The Morgan fingerprint density at radius 2 is 1.83 bits per heavy atom. The predicted octanol–water partition coefficient (Wildman–Crippen LogP) is 4.81. The number of hydrogen-bond acceptors (Lipinski definition) is 9. The molecule has 2 aliphatic heterocycles. The van der Waals surface area contributed by atoms with Crippen LogP contribution in [0.25, 0.3) is 16.7 Å². The van der Waals surface area contributed by atoms with Crippen molar-refractivity contribution in [3.05, 3.63) is 48.8 Å². The van der Waals surface area contributed by atoms with E-state index in [4.69, 9.17) is 4.74 Å². The Morgan fingerprint density at radius 1 is 1.12 bits per heavy atom. The number of imidazole rings is 1. The summed E-state index contributed by atoms with van der Waals surface area (Å²) in [5, 5.41) is 13.8. The molecule has 3 fully saturated rings. The third kappa shape index (κ3) is 7.23. The molecule has 58 heavy (non-hydrogen) atoms. The third-order valence-corrected chi connectivity index (χ3v) is 14.6. The molecule has 314 valence electrons. The van der Waals surface area contributed by atoms with Gasteiger partial charge in [0.15, 0.2) is 0 Å². The minimum atomic E-state index is -5.09. The highest BCUT2D eigenvalue weighted by molar-refractivity contribution is 7.91. The van der Waals surface area contributed by atoms with Crippen molar-refractivity contribution >= 4 is 50.5 Å². The molecule has 0 radical (unpaired) electrons. The van der Waals surface area contributed by atoms with Gasteiger partial charge in [-0.05, 0) is 83.3 Å². The molecule has 7 atom stereocenters. The first-order valence-electron chi connectivity index (χ1n) is 19.4. The number of aromatic nitrogens is 3. The maximum atomic E-state index is 15.0. The molecule has 4 amide bonds. The van der Waals surface area contributed by atoms with Crippen LogP contribution in [-0.4, -0.2) is 108 Å². The molecule has 3 aromatic rings. The number of benzene rings is 1. The summed E-state index contributed by atoms with van der Waals surface area (Å²) in [5.74, 6) is -4.21. The number of rotatable bonds is 7. The van der Waals surface area contributed by atoms with E-state index in [1.165, 1.54) is 13.8 Å². The van der Waals surface area contributed by atoms with Crippen LogP contribution in [0.3, 0.4) is 0 Å². The molecule has 0 spiro atoms. The van der Waals surface area contributed by atoms with Gasteiger partial charge in [0.25, 0.3) is 5.91 Å². The van der Waals surface area contributed by atoms with Gasteiger partial charge in [0.05, 0.1) is 22.2 Å². The monoisotopic (exact) mass is 831 g/mol. The summed E-state index contributed by atoms with van der Waals surface area (Å²) in [5.41, 5.74) is -4.06. The van der Waals surface area contributed by atoms with Crippen molar-refractivity contribution in [3.63, 3.8) is 0 Å². The highest BCUT2D eigenvalue weighted by Crippen LogP contribution is 2.48. The fourth-order valence-electron chi connectivity index (χ4n) is 8.41. The normalized spacial score (nSPS) is 29.1. The lowest BCUT2D eigenvalue weighted by Gasteiger charge is -2.45. The van der Waals surface area contributed by atoms with Crippen LogP contribution in [0.1, 0.15) is 79.6 Å². The van der Waals surface area contributed by atoms with Crippen LogP contribution in [0.2, 0.25) is 0 Å². The molecule has 19 heteroatoms. The number of fused-ring (bicyclic) bond motifs is 5. The number of para-hydroxylation sites is 1. The lowest BCUT2D eigenvalue weighted by Crippen LogP contribution is -2.66. The van der Waals surface area contributed by atoms with Crippen molar-refractivity contribution in [1.29, 1.82) is 0 Å². The van der Waals surface area contributed by atoms with Gasteiger partial charge in [0.1, 0.15) is 29.3 Å². The minimum absolute atomic E-state index is 0.0515. The number of hydrogen-bond donors (Lipinski definition) is 3. The Bertz CT molecular complexity index is 2290. The molecule has 0 unspecified atom stereocenters. The van der Waals surface area contributed by atoms with Crippen LogP contribution >= 0.6 is 0 Å². The quantitative estimate of drug-likeness (QED) is 0.279. The largest absolute Gasteiger partial charge is 0.472 e. The van der Waals surface area contributed by atoms with Gasteiger partial charge in [0, 0.05) is 24.7 Å². The number of amides is 4. The molecule has 4 aliphatic rings. The summed E-state index contributed by atoms with van der Waals surface area (Å²) >= 11 is 0. The molecule has 15 nitrogen and oxygen atoms in total. The second-order valence-electron chi connectivity index (χ2n) is 17.1. The van der Waals surface area contributed by atoms with E-state index in [0.717, 1.165) is 4.90 Å². The number of nitrogens with one attached hydrogen (secondary N) is 2. The molecule has 2 aliphatic carbocycles. The third-order valence-electron chi connectivity index (χ3n) is 12.5. The van der Waals surface area contributed by atoms with Gasteiger partial charge in [0.2, 0.25) is 33.5 Å². The smallest absolute Gasteiger partial charge is 0.411 e. The maximum absolute atomic E-state index is 15.0. The average molecular weight is 832 g/mol. The molecule has 2 saturated carbocycles. The summed E-state index contributed by atoms with van der Waals surface area (Å²) in [6, 6.07) is 3.77. The van der Waals surface area contributed by atoms with E-state index in [0.29, 0.717) is 56.2 Å². The summed E-state index contributed by atoms with van der Waals surface area (Å²) < 4.78 is 79.7. The van der Waals surface area contributed by atoms with Crippen molar-refractivity contribution in [2.75, 3.05) is 6.54 Å². The van der Waals surface area contributed by atoms with Crippen LogP contribution in [0.5, 0.6) is 5.88 Å². The van der Waals surface area contributed by atoms with Crippen LogP contribution in [-0.2, 0) is 24.4 Å². The van der Waals surface area contributed by atoms with E-state index < -0.39 is 85.9 Å². The fourth-order valence-corrected chi connectivity index (χ4v) is 9.73. The molecular weight excluding hydrogens is 784 g/mol. The Balaban J connectivity index is 1.30. The number of sulfonamides is 1. The Kier molecular flexibility index (Phi) is 10.2. The zero-order chi connectivity index (χ0) is 42.2. The summed E-state index contributed by atoms with van der Waals surface area (Å²) in [6.07, 6.45) is 0.420. The molecule has 0 bridgehead atoms. The number of allylic oxidation sites excluding steroid dienone is 1. The average Bonchev–Trinajstić information content (AvgIpc) is 3.92. The van der Waals surface area contributed by atoms with Gasteiger partial charge >= 0.3 is 12.3 Å². The first kappa shape index (κ1) is 41.2. The Morgan fingerprint density at radius 3 is 2.50 bits per heavy atom. The van der Waals surface area contributed by atoms with Gasteiger partial charge in [-0.15, -0.1) is 0 Å². The number of carbonyl (C=O) groups is 4. The van der Waals surface area contributed by atoms with E-state index >= 15 is 4.79 Å². The molecule has 3 N–H and O–H groups in total. The molecule has 2 aromatic heterocycles. The highest BCUT2D eigenvalue weighted by atomic mass is 32.2. The first-order valence-corrected chi connectivity index (χ1v) is 20.9. The number of ether oxygens (including phenoxy) is 1. The number of carbonyl (C=O) groups excluding carboxylic acids is 3. The standard InChI is InChI=1S/C39H48F3N7O8S/c1-22-10-6-7-11-24-20-38(24,33(52)46-58(55,56)37(5)14-15-37)45-30(50)28-19-25(57-31-26-12-8-9-13-27(26)47-17-16-43-34(47)44-31)21-48(28)32(51)29(23(2)18-22)49(35(53)54)36(3,4)39(40,41)42/h7-9,11-13,16-17,22-25,28-29H,6,10,14-15,18-21H2,1-5H3,(H,45,50)(H,46,52)(H,53,54)/t22-,23+,24+,25+,28-,29-,38+/m0/s1. The molecule has 1 aromatic carbocycles. The van der Waals surface area contributed by atoms with Crippen molar-refractivity contribution in [1.82, 2.24) is 34.2 Å². The molecule has 7 rings (SSSR count). The summed E-state index contributed by atoms with van der Waals surface area (Å²) in [6.45, 7) is 5.92. The van der Waals surface area contributed by atoms with E-state index in [-0.39, 0.29) is 42.5 Å². The highest BCUT2D eigenvalue weighted by Gasteiger charge is 2.64. The minimum Gasteiger partial charge on any atom is -0.472 e. The van der Waals surface area contributed by atoms with Crippen molar-refractivity contribution < 1.29 is 50.6 Å². The summed E-state index contributed by atoms with van der Waals surface area (Å²) in [4.78, 5) is 66.5. The lowest BCUT2D eigenvalue weighted by atomic mass is 9.85. The van der Waals surface area contributed by atoms with Gasteiger partial charge in [-0.3, -0.25) is 28.4 Å². The Labute approximate surface area is 333 Å². The van der Waals surface area contributed by atoms with E-state index in [1.807, 2.05) is 25.1 Å². The van der Waals surface area contributed by atoms with Crippen LogP contribution in [0.15, 0.2) is 48.8 Å². The molecule has 1 saturated heterocycles. The number of carboxylic acid groups (broad SMARTS) is 1. The van der Waals surface area contributed by atoms with Gasteiger partial charge in [-0.1, -0.05) is 38.1 Å². The number of halogens is 3. The summed E-state index contributed by atoms with van der Waals surface area (Å²) in [7, 11) is -4.12. The first-order chi connectivity index (χ1) is 27.1. The predicted molar refractivity (Wildman–Crippen MR) is 204 cm³/mol. The molecule has 4 heterocycles. The second-order valence-corrected chi connectivity index (χ2v) is 19.3. The van der Waals surface area contributed by atoms with E-state index in [2.05, 4.69) is 20.0 Å². The van der Waals surface area contributed by atoms with Crippen molar-refractivity contribution in [2.24, 2.45) is 17.8 Å². The van der Waals surface area contributed by atoms with Gasteiger partial charge in [-0.2, -0.15) is 18.2 Å². The van der Waals surface area contributed by atoms with Crippen molar-refractivity contribution in [2.45, 2.75) is 120 Å². The second kappa shape index (κ2) is 14.4. The fraction of sp³-hybridized carbons (Fsp3) is 0.590. The lowest BCUT2D eigenvalue weighted by molar-refractivity contribution is -0.222. The molecular formula is C39H48F3N7O8S. The van der Waals surface area contributed by atoms with Crippen LogP contribution in [0, 0.1) is 17.8 Å². The van der Waals surface area contributed by atoms with Gasteiger partial charge < -0.3 is 20.1 Å². The van der Waals surface area contributed by atoms with Crippen LogP contribution < -0.4 is 14.8 Å². The van der Waals surface area contributed by atoms with Crippen LogP contribution in [0.4, 0.5) is 18.0 Å². The Hall–Kier alpha value is -4.94. The SMILES string of the molecule is C[C@H]1CCC=C[C@@H]2C[C@@]2(C(=O)NS(=O)(=O)C2(C)CC2)NC(=O)[C@@H]2C[C@@H](Oc3nc4nccn4c4ccccc34)CN2C(=O)[C@@H](N(C(=O)O)C(C)(C)C(F)(F)F)[C@H](C)C1. The topological polar surface area (TPSA) is 193 Å². The zero-order valence-corrected chi connectivity index (χ0v) is 33.6. The van der Waals surface area contributed by atoms with Crippen molar-refractivity contribution in [3.8, 4) is 5.88 Å². The van der Waals surface area contributed by atoms with E-state index in [9.17, 15) is 41.1 Å². The van der Waals surface area contributed by atoms with Gasteiger partial charge in [-0.25, -0.2) is 18.2 Å².